The van der Waals surface area contributed by atoms with Gasteiger partial charge in [0.1, 0.15) is 5.75 Å². The Bertz CT molecular complexity index is 1400. The van der Waals surface area contributed by atoms with Crippen molar-refractivity contribution in [2.24, 2.45) is 29.4 Å². The van der Waals surface area contributed by atoms with Gasteiger partial charge in [0.2, 0.25) is 5.91 Å². The molecule has 4 N–H and O–H groups in total. The zero-order chi connectivity index (χ0) is 27.0. The van der Waals surface area contributed by atoms with Crippen molar-refractivity contribution in [1.29, 1.82) is 0 Å². The van der Waals surface area contributed by atoms with Gasteiger partial charge in [0.15, 0.2) is 34.7 Å². The van der Waals surface area contributed by atoms with Crippen LogP contribution in [0.4, 0.5) is 0 Å². The molecule has 2 aromatic rings. The zero-order valence-corrected chi connectivity index (χ0v) is 20.6. The standard InChI is InChI=1S/C27H27N3O7/c1-11-5-4-6-16(29-11)13-7-8-17(31)19-14(13)9-12-10-15-21(30(2)3)23(33)20(26(28)36)25(35)27(15,37)24(34)18(12)22(19)32/h4-8,12,15,18,20-21,31,37H,9-10H2,1-3H3,(H2,28,36)/t12-,15-,18?,20?,21?,27-/m0/s1. The zero-order valence-electron chi connectivity index (χ0n) is 20.6. The Kier molecular flexibility index (Phi) is 5.65. The Morgan fingerprint density at radius 1 is 1.11 bits per heavy atom. The van der Waals surface area contributed by atoms with E-state index in [0.29, 0.717) is 16.8 Å². The Morgan fingerprint density at radius 2 is 1.81 bits per heavy atom. The summed E-state index contributed by atoms with van der Waals surface area (Å²) in [5.41, 5.74) is 5.06. The van der Waals surface area contributed by atoms with E-state index >= 15 is 0 Å². The predicted molar refractivity (Wildman–Crippen MR) is 129 cm³/mol. The molecule has 2 saturated carbocycles. The fourth-order valence-corrected chi connectivity index (χ4v) is 6.54. The van der Waals surface area contributed by atoms with Crippen molar-refractivity contribution >= 4 is 29.0 Å². The molecule has 0 saturated heterocycles. The van der Waals surface area contributed by atoms with Gasteiger partial charge >= 0.3 is 0 Å². The second-order valence-corrected chi connectivity index (χ2v) is 10.4. The van der Waals surface area contributed by atoms with E-state index in [1.807, 2.05) is 19.1 Å². The topological polar surface area (TPSA) is 168 Å². The first-order chi connectivity index (χ1) is 17.4. The average molecular weight is 506 g/mol. The Hall–Kier alpha value is -3.76. The minimum absolute atomic E-state index is 0.000236. The number of likely N-dealkylation sites (N-methyl/N-ethyl adjacent to an activating group) is 1. The van der Waals surface area contributed by atoms with Gasteiger partial charge in [-0.25, -0.2) is 0 Å². The number of fused-ring (bicyclic) bond motifs is 3. The number of nitrogens with zero attached hydrogens (tertiary/aromatic N) is 2. The lowest BCUT2D eigenvalue weighted by Crippen LogP contribution is -2.74. The van der Waals surface area contributed by atoms with E-state index in [1.54, 1.807) is 26.2 Å². The van der Waals surface area contributed by atoms with E-state index in [2.05, 4.69) is 4.98 Å². The van der Waals surface area contributed by atoms with Crippen molar-refractivity contribution in [3.63, 3.8) is 0 Å². The molecule has 6 atom stereocenters. The molecule has 5 rings (SSSR count). The van der Waals surface area contributed by atoms with Crippen molar-refractivity contribution in [1.82, 2.24) is 9.88 Å². The molecular weight excluding hydrogens is 478 g/mol. The number of primary amides is 1. The Labute approximate surface area is 212 Å². The number of hydrogen-bond donors (Lipinski definition) is 3. The van der Waals surface area contributed by atoms with Gasteiger partial charge in [0.05, 0.1) is 23.2 Å². The number of carbonyl (C=O) groups excluding carboxylic acids is 5. The van der Waals surface area contributed by atoms with Crippen LogP contribution in [-0.2, 0) is 25.6 Å². The largest absolute Gasteiger partial charge is 0.507 e. The van der Waals surface area contributed by atoms with Crippen LogP contribution in [0.25, 0.3) is 11.3 Å². The molecule has 3 aliphatic carbocycles. The van der Waals surface area contributed by atoms with Crippen molar-refractivity contribution in [3.05, 3.63) is 47.2 Å². The minimum atomic E-state index is -2.73. The number of aromatic nitrogens is 1. The number of nitrogens with two attached hydrogens (primary N) is 1. The van der Waals surface area contributed by atoms with E-state index in [1.165, 1.54) is 11.0 Å². The lowest BCUT2D eigenvalue weighted by Gasteiger charge is -2.52. The predicted octanol–water partition coefficient (Wildman–Crippen LogP) is 0.237. The lowest BCUT2D eigenvalue weighted by molar-refractivity contribution is -0.181. The number of phenols is 1. The Balaban J connectivity index is 1.67. The number of rotatable bonds is 3. The SMILES string of the molecule is Cc1cccc(-c2ccc(O)c3c2C[C@H]2C[C@H]4C(N(C)C)C(=O)C(C(N)=O)C(=O)[C@@]4(O)C(=O)C2C3=O)n1. The highest BCUT2D eigenvalue weighted by molar-refractivity contribution is 6.32. The van der Waals surface area contributed by atoms with Crippen LogP contribution >= 0.6 is 0 Å². The summed E-state index contributed by atoms with van der Waals surface area (Å²) >= 11 is 0. The third-order valence-electron chi connectivity index (χ3n) is 8.11. The maximum atomic E-state index is 13.8. The summed E-state index contributed by atoms with van der Waals surface area (Å²) in [4.78, 5) is 72.1. The van der Waals surface area contributed by atoms with Crippen molar-refractivity contribution in [3.8, 4) is 17.0 Å². The number of hydrogen-bond acceptors (Lipinski definition) is 9. The molecule has 1 aromatic heterocycles. The number of Topliss-reactive ketones (excluding diaryl/α,β-unsaturated/α-hetero) is 4. The van der Waals surface area contributed by atoms with Gasteiger partial charge in [0, 0.05) is 17.2 Å². The fourth-order valence-electron chi connectivity index (χ4n) is 6.54. The van der Waals surface area contributed by atoms with E-state index in [0.717, 1.165) is 5.69 Å². The quantitative estimate of drug-likeness (QED) is 0.495. The molecule has 1 heterocycles. The van der Waals surface area contributed by atoms with Crippen LogP contribution in [0, 0.1) is 30.6 Å². The van der Waals surface area contributed by atoms with Crippen molar-refractivity contribution < 1.29 is 34.2 Å². The van der Waals surface area contributed by atoms with E-state index in [9.17, 15) is 34.2 Å². The summed E-state index contributed by atoms with van der Waals surface area (Å²) in [5.74, 6) is -10.6. The summed E-state index contributed by atoms with van der Waals surface area (Å²) in [6, 6.07) is 7.32. The molecule has 3 aliphatic rings. The molecule has 0 spiro atoms. The summed E-state index contributed by atoms with van der Waals surface area (Å²) in [5, 5.41) is 22.3. The smallest absolute Gasteiger partial charge is 0.235 e. The van der Waals surface area contributed by atoms with E-state index < -0.39 is 64.4 Å². The summed E-state index contributed by atoms with van der Waals surface area (Å²) < 4.78 is 0. The number of aliphatic hydroxyl groups is 1. The van der Waals surface area contributed by atoms with Gasteiger partial charge in [-0.2, -0.15) is 0 Å². The van der Waals surface area contributed by atoms with Crippen molar-refractivity contribution in [2.75, 3.05) is 14.1 Å². The van der Waals surface area contributed by atoms with E-state index in [-0.39, 0.29) is 24.2 Å². The van der Waals surface area contributed by atoms with Crippen LogP contribution in [0.1, 0.15) is 28.0 Å². The number of ketones is 4. The number of aryl methyl sites for hydroxylation is 1. The van der Waals surface area contributed by atoms with Gasteiger partial charge in [-0.15, -0.1) is 0 Å². The van der Waals surface area contributed by atoms with Crippen molar-refractivity contribution in [2.45, 2.75) is 31.4 Å². The van der Waals surface area contributed by atoms with Crippen LogP contribution in [0.15, 0.2) is 30.3 Å². The number of amides is 1. The summed E-state index contributed by atoms with van der Waals surface area (Å²) in [7, 11) is 3.10. The molecule has 2 fully saturated rings. The van der Waals surface area contributed by atoms with Gasteiger partial charge < -0.3 is 15.9 Å². The van der Waals surface area contributed by atoms with Gasteiger partial charge in [0.25, 0.3) is 0 Å². The second kappa shape index (κ2) is 8.39. The molecule has 10 nitrogen and oxygen atoms in total. The first-order valence-corrected chi connectivity index (χ1v) is 12.0. The first-order valence-electron chi connectivity index (χ1n) is 12.0. The number of benzene rings is 1. The van der Waals surface area contributed by atoms with Crippen LogP contribution in [-0.4, -0.2) is 74.9 Å². The highest BCUT2D eigenvalue weighted by Crippen LogP contribution is 2.51. The number of carbonyl (C=O) groups is 5. The molecular formula is C27H27N3O7. The number of pyridine rings is 1. The third kappa shape index (κ3) is 3.39. The summed E-state index contributed by atoms with van der Waals surface area (Å²) in [6.07, 6.45) is 0.186. The lowest BCUT2D eigenvalue weighted by atomic mass is 9.52. The average Bonchev–Trinajstić information content (AvgIpc) is 2.81. The third-order valence-corrected chi connectivity index (χ3v) is 8.11. The maximum Gasteiger partial charge on any atom is 0.235 e. The molecule has 192 valence electrons. The van der Waals surface area contributed by atoms with Crippen LogP contribution in [0.2, 0.25) is 0 Å². The monoisotopic (exact) mass is 505 g/mol. The Morgan fingerprint density at radius 3 is 2.43 bits per heavy atom. The molecule has 1 amide bonds. The molecule has 3 unspecified atom stereocenters. The van der Waals surface area contributed by atoms with Crippen LogP contribution < -0.4 is 5.73 Å². The molecule has 0 bridgehead atoms. The van der Waals surface area contributed by atoms with E-state index in [4.69, 9.17) is 5.73 Å². The second-order valence-electron chi connectivity index (χ2n) is 10.4. The fraction of sp³-hybridized carbons (Fsp3) is 0.407. The normalized spacial score (nSPS) is 31.1. The van der Waals surface area contributed by atoms with Gasteiger partial charge in [-0.05, 0) is 69.6 Å². The number of aromatic hydroxyl groups is 1. The maximum absolute atomic E-state index is 13.8. The summed E-state index contributed by atoms with van der Waals surface area (Å²) in [6.45, 7) is 1.83. The molecule has 10 heteroatoms. The molecule has 1 aromatic carbocycles. The first kappa shape index (κ1) is 24.9. The molecule has 0 radical (unpaired) electrons. The highest BCUT2D eigenvalue weighted by Gasteiger charge is 2.69. The molecule has 0 aliphatic heterocycles. The highest BCUT2D eigenvalue weighted by atomic mass is 16.3. The van der Waals surface area contributed by atoms with Gasteiger partial charge in [-0.3, -0.25) is 33.9 Å². The molecule has 37 heavy (non-hydrogen) atoms. The number of phenolic OH excluding ortho intramolecular Hbond substituents is 1. The minimum Gasteiger partial charge on any atom is -0.507 e. The van der Waals surface area contributed by atoms with Gasteiger partial charge in [-0.1, -0.05) is 6.07 Å². The van der Waals surface area contributed by atoms with Crippen LogP contribution in [0.3, 0.4) is 0 Å². The van der Waals surface area contributed by atoms with Crippen LogP contribution in [0.5, 0.6) is 5.75 Å².